The van der Waals surface area contributed by atoms with Gasteiger partial charge in [-0.15, -0.1) is 0 Å². The van der Waals surface area contributed by atoms with Gasteiger partial charge in [0.2, 0.25) is 0 Å². The van der Waals surface area contributed by atoms with Crippen molar-refractivity contribution in [1.82, 2.24) is 9.97 Å². The third kappa shape index (κ3) is 5.57. The van der Waals surface area contributed by atoms with Gasteiger partial charge in [0, 0.05) is 16.7 Å². The van der Waals surface area contributed by atoms with Crippen LogP contribution >= 0.6 is 0 Å². The van der Waals surface area contributed by atoms with Crippen molar-refractivity contribution in [1.29, 1.82) is 0 Å². The number of fused-ring (bicyclic) bond motifs is 7. The van der Waals surface area contributed by atoms with Crippen LogP contribution in [0.25, 0.3) is 88.5 Å². The molecular weight excluding hydrogens is 737 g/mol. The lowest BCUT2D eigenvalue weighted by Gasteiger charge is -2.35. The van der Waals surface area contributed by atoms with Gasteiger partial charge in [0.05, 0.1) is 16.8 Å². The zero-order valence-corrected chi connectivity index (χ0v) is 33.3. The molecule has 0 bridgehead atoms. The van der Waals surface area contributed by atoms with Crippen molar-refractivity contribution in [3.63, 3.8) is 0 Å². The lowest BCUT2D eigenvalue weighted by molar-refractivity contribution is 0.769. The zero-order valence-electron chi connectivity index (χ0n) is 33.3. The van der Waals surface area contributed by atoms with Crippen molar-refractivity contribution in [3.8, 4) is 56.2 Å². The van der Waals surface area contributed by atoms with Gasteiger partial charge < -0.3 is 0 Å². The van der Waals surface area contributed by atoms with Crippen LogP contribution in [0.15, 0.2) is 231 Å². The van der Waals surface area contributed by atoms with Crippen LogP contribution in [-0.2, 0) is 5.41 Å². The highest BCUT2D eigenvalue weighted by molar-refractivity contribution is 6.15. The van der Waals surface area contributed by atoms with Crippen LogP contribution in [0.4, 0.5) is 0 Å². The van der Waals surface area contributed by atoms with E-state index in [-0.39, 0.29) is 0 Å². The molecular formula is C59H38N2. The number of aromatic nitrogens is 2. The molecule has 61 heavy (non-hydrogen) atoms. The lowest BCUT2D eigenvalue weighted by Crippen LogP contribution is -2.29. The maximum absolute atomic E-state index is 5.42. The van der Waals surface area contributed by atoms with Crippen LogP contribution in [-0.4, -0.2) is 9.97 Å². The maximum atomic E-state index is 5.42. The quantitative estimate of drug-likeness (QED) is 0.124. The summed E-state index contributed by atoms with van der Waals surface area (Å²) in [5.41, 5.74) is 14.1. The van der Waals surface area contributed by atoms with E-state index in [1.165, 1.54) is 76.8 Å². The normalized spacial score (nSPS) is 12.7. The van der Waals surface area contributed by atoms with Crippen LogP contribution in [0.3, 0.4) is 0 Å². The van der Waals surface area contributed by atoms with E-state index < -0.39 is 5.41 Å². The summed E-state index contributed by atoms with van der Waals surface area (Å²) in [6, 6.07) is 83.5. The van der Waals surface area contributed by atoms with E-state index in [0.717, 1.165) is 28.1 Å². The first-order valence-electron chi connectivity index (χ1n) is 21.0. The minimum Gasteiger partial charge on any atom is -0.228 e. The first kappa shape index (κ1) is 35.0. The minimum absolute atomic E-state index is 0.568. The molecule has 10 aromatic carbocycles. The van der Waals surface area contributed by atoms with E-state index in [1.807, 2.05) is 6.07 Å². The van der Waals surface area contributed by atoms with Crippen molar-refractivity contribution >= 4 is 32.3 Å². The second-order valence-corrected chi connectivity index (χ2v) is 16.0. The summed E-state index contributed by atoms with van der Waals surface area (Å²) in [5, 5.41) is 7.55. The van der Waals surface area contributed by atoms with Crippen molar-refractivity contribution in [2.24, 2.45) is 0 Å². The molecule has 0 aliphatic heterocycles. The second kappa shape index (κ2) is 14.1. The van der Waals surface area contributed by atoms with E-state index in [9.17, 15) is 0 Å². The lowest BCUT2D eigenvalue weighted by atomic mass is 9.66. The molecule has 0 radical (unpaired) electrons. The Bertz CT molecular complexity index is 3410. The molecule has 0 saturated heterocycles. The minimum atomic E-state index is -0.568. The third-order valence-corrected chi connectivity index (χ3v) is 12.7. The molecule has 11 aromatic rings. The summed E-state index contributed by atoms with van der Waals surface area (Å²) in [4.78, 5) is 10.7. The number of rotatable bonds is 6. The molecule has 0 spiro atoms. The smallest absolute Gasteiger partial charge is 0.160 e. The molecule has 1 aliphatic carbocycles. The van der Waals surface area contributed by atoms with E-state index in [4.69, 9.17) is 9.97 Å². The van der Waals surface area contributed by atoms with Gasteiger partial charge >= 0.3 is 0 Å². The van der Waals surface area contributed by atoms with E-state index in [1.54, 1.807) is 0 Å². The van der Waals surface area contributed by atoms with E-state index >= 15 is 0 Å². The van der Waals surface area contributed by atoms with Gasteiger partial charge in [-0.05, 0) is 95.0 Å². The first-order chi connectivity index (χ1) is 30.2. The Morgan fingerprint density at radius 1 is 0.295 bits per heavy atom. The monoisotopic (exact) mass is 774 g/mol. The topological polar surface area (TPSA) is 25.8 Å². The fraction of sp³-hybridized carbons (Fsp3) is 0.0169. The van der Waals surface area contributed by atoms with Gasteiger partial charge in [-0.2, -0.15) is 0 Å². The average molecular weight is 775 g/mol. The number of benzene rings is 10. The Balaban J connectivity index is 1.04. The molecule has 2 nitrogen and oxygen atoms in total. The van der Waals surface area contributed by atoms with E-state index in [2.05, 4.69) is 224 Å². The summed E-state index contributed by atoms with van der Waals surface area (Å²) in [6.45, 7) is 0. The number of nitrogens with zero attached hydrogens (tertiary/aromatic N) is 2. The van der Waals surface area contributed by atoms with Crippen molar-refractivity contribution in [2.45, 2.75) is 5.41 Å². The average Bonchev–Trinajstić information content (AvgIpc) is 3.65. The molecule has 2 heteroatoms. The van der Waals surface area contributed by atoms with Crippen LogP contribution in [0.5, 0.6) is 0 Å². The standard InChI is InChI=1S/C59H38N2/c1-4-16-41(17-5-1)58-60-55(40-32-30-39(31-33-40)47-25-14-26-48-49(47)35-34-44-36-42-18-10-11-19-43(42)37-53(44)48)38-56(61-58)52-28-15-27-51-50-24-12-13-29-54(50)59(57(51)52,45-20-6-2-7-21-45)46-22-8-3-9-23-46/h1-38H. The van der Waals surface area contributed by atoms with Crippen LogP contribution in [0, 0.1) is 0 Å². The summed E-state index contributed by atoms with van der Waals surface area (Å²) in [7, 11) is 0. The molecule has 284 valence electrons. The number of hydrogen-bond donors (Lipinski definition) is 0. The van der Waals surface area contributed by atoms with Gasteiger partial charge in [-0.25, -0.2) is 9.97 Å². The summed E-state index contributed by atoms with van der Waals surface area (Å²) in [6.07, 6.45) is 0. The molecule has 0 atom stereocenters. The summed E-state index contributed by atoms with van der Waals surface area (Å²) < 4.78 is 0. The van der Waals surface area contributed by atoms with E-state index in [0.29, 0.717) is 5.82 Å². The summed E-state index contributed by atoms with van der Waals surface area (Å²) >= 11 is 0. The fourth-order valence-corrected chi connectivity index (χ4v) is 10.0. The van der Waals surface area contributed by atoms with Gasteiger partial charge in [0.1, 0.15) is 0 Å². The second-order valence-electron chi connectivity index (χ2n) is 16.0. The Labute approximate surface area is 355 Å². The van der Waals surface area contributed by atoms with Gasteiger partial charge in [0.25, 0.3) is 0 Å². The first-order valence-corrected chi connectivity index (χ1v) is 21.0. The molecule has 1 aliphatic rings. The van der Waals surface area contributed by atoms with Gasteiger partial charge in [-0.3, -0.25) is 0 Å². The molecule has 0 saturated carbocycles. The highest BCUT2D eigenvalue weighted by Gasteiger charge is 2.47. The van der Waals surface area contributed by atoms with Crippen molar-refractivity contribution < 1.29 is 0 Å². The molecule has 0 N–H and O–H groups in total. The summed E-state index contributed by atoms with van der Waals surface area (Å²) in [5.74, 6) is 0.698. The molecule has 0 fully saturated rings. The number of hydrogen-bond acceptors (Lipinski definition) is 2. The Morgan fingerprint density at radius 2 is 0.869 bits per heavy atom. The molecule has 0 amide bonds. The van der Waals surface area contributed by atoms with Crippen LogP contribution in [0.1, 0.15) is 22.3 Å². The zero-order chi connectivity index (χ0) is 40.3. The predicted octanol–water partition coefficient (Wildman–Crippen LogP) is 15.0. The largest absolute Gasteiger partial charge is 0.228 e. The molecule has 12 rings (SSSR count). The molecule has 0 unspecified atom stereocenters. The highest BCUT2D eigenvalue weighted by atomic mass is 14.9. The van der Waals surface area contributed by atoms with Crippen LogP contribution in [0.2, 0.25) is 0 Å². The maximum Gasteiger partial charge on any atom is 0.160 e. The predicted molar refractivity (Wildman–Crippen MR) is 254 cm³/mol. The van der Waals surface area contributed by atoms with Gasteiger partial charge in [0.15, 0.2) is 5.82 Å². The molecule has 1 aromatic heterocycles. The van der Waals surface area contributed by atoms with Crippen LogP contribution < -0.4 is 0 Å². The molecule has 1 heterocycles. The van der Waals surface area contributed by atoms with Crippen molar-refractivity contribution in [2.75, 3.05) is 0 Å². The SMILES string of the molecule is c1ccc(-c2nc(-c3ccc(-c4cccc5c4ccc4cc6ccccc6cc45)cc3)cc(-c3cccc4c3C(c3ccccc3)(c3ccccc3)c3ccccc3-4)n2)cc1. The Hall–Kier alpha value is -7.94. The van der Waals surface area contributed by atoms with Crippen molar-refractivity contribution in [3.05, 3.63) is 253 Å². The van der Waals surface area contributed by atoms with Gasteiger partial charge in [-0.1, -0.05) is 212 Å². The fourth-order valence-electron chi connectivity index (χ4n) is 10.0. The Kier molecular flexibility index (Phi) is 8.11. The third-order valence-electron chi connectivity index (χ3n) is 12.7. The highest BCUT2D eigenvalue weighted by Crippen LogP contribution is 2.58. The Morgan fingerprint density at radius 3 is 1.62 bits per heavy atom.